The lowest BCUT2D eigenvalue weighted by Crippen LogP contribution is -2.27. The number of hydrogen-bond acceptors (Lipinski definition) is 4. The third kappa shape index (κ3) is 2.46. The van der Waals surface area contributed by atoms with Gasteiger partial charge in [-0.2, -0.15) is 0 Å². The second kappa shape index (κ2) is 5.35. The van der Waals surface area contributed by atoms with Gasteiger partial charge in [-0.25, -0.2) is 9.97 Å². The molecule has 0 aliphatic carbocycles. The van der Waals surface area contributed by atoms with Crippen molar-refractivity contribution in [1.82, 2.24) is 9.97 Å². The molecule has 0 atom stereocenters. The number of hydrogen-bond donors (Lipinski definition) is 1. The summed E-state index contributed by atoms with van der Waals surface area (Å²) in [5.41, 5.74) is 9.71. The first-order chi connectivity index (χ1) is 10.1. The second-order valence-electron chi connectivity index (χ2n) is 5.95. The Bertz CT molecular complexity index is 664. The molecule has 110 valence electrons. The number of anilines is 3. The van der Waals surface area contributed by atoms with Crippen LogP contribution in [0.2, 0.25) is 0 Å². The van der Waals surface area contributed by atoms with E-state index in [-0.39, 0.29) is 5.92 Å². The zero-order valence-corrected chi connectivity index (χ0v) is 12.9. The summed E-state index contributed by atoms with van der Waals surface area (Å²) in [6.45, 7) is 7.17. The van der Waals surface area contributed by atoms with Gasteiger partial charge in [0.1, 0.15) is 17.5 Å². The van der Waals surface area contributed by atoms with Gasteiger partial charge in [0.25, 0.3) is 0 Å². The SMILES string of the molecule is Cc1c(N)nc(C(C)C)nc1N1CCCc2ccccc21. The first-order valence-corrected chi connectivity index (χ1v) is 7.57. The van der Waals surface area contributed by atoms with Crippen LogP contribution in [0.25, 0.3) is 0 Å². The van der Waals surface area contributed by atoms with Gasteiger partial charge in [-0.15, -0.1) is 0 Å². The molecule has 0 saturated carbocycles. The smallest absolute Gasteiger partial charge is 0.141 e. The normalized spacial score (nSPS) is 14.4. The van der Waals surface area contributed by atoms with Crippen LogP contribution in [-0.4, -0.2) is 16.5 Å². The van der Waals surface area contributed by atoms with Gasteiger partial charge in [0.05, 0.1) is 0 Å². The molecule has 1 aromatic heterocycles. The Hall–Kier alpha value is -2.10. The van der Waals surface area contributed by atoms with Gasteiger partial charge in [0.15, 0.2) is 0 Å². The van der Waals surface area contributed by atoms with Crippen molar-refractivity contribution in [2.45, 2.75) is 39.5 Å². The van der Waals surface area contributed by atoms with E-state index in [0.717, 1.165) is 36.6 Å². The number of rotatable bonds is 2. The van der Waals surface area contributed by atoms with Crippen molar-refractivity contribution in [1.29, 1.82) is 0 Å². The Morgan fingerprint density at radius 3 is 2.71 bits per heavy atom. The molecule has 1 aliphatic rings. The summed E-state index contributed by atoms with van der Waals surface area (Å²) in [7, 11) is 0. The van der Waals surface area contributed by atoms with Crippen LogP contribution in [0.4, 0.5) is 17.3 Å². The number of benzene rings is 1. The van der Waals surface area contributed by atoms with Crippen LogP contribution in [0.3, 0.4) is 0 Å². The van der Waals surface area contributed by atoms with E-state index in [1.807, 2.05) is 6.92 Å². The molecule has 0 radical (unpaired) electrons. The van der Waals surface area contributed by atoms with Crippen LogP contribution < -0.4 is 10.6 Å². The van der Waals surface area contributed by atoms with Gasteiger partial charge in [0, 0.05) is 23.7 Å². The van der Waals surface area contributed by atoms with Gasteiger partial charge in [-0.1, -0.05) is 32.0 Å². The first-order valence-electron chi connectivity index (χ1n) is 7.57. The number of aromatic nitrogens is 2. The predicted octanol–water partition coefficient (Wildman–Crippen LogP) is 3.57. The Morgan fingerprint density at radius 2 is 1.95 bits per heavy atom. The Morgan fingerprint density at radius 1 is 1.19 bits per heavy atom. The largest absolute Gasteiger partial charge is 0.383 e. The zero-order chi connectivity index (χ0) is 15.0. The molecule has 3 rings (SSSR count). The molecule has 0 bridgehead atoms. The van der Waals surface area contributed by atoms with E-state index in [4.69, 9.17) is 10.7 Å². The molecule has 4 heteroatoms. The molecule has 0 saturated heterocycles. The molecule has 0 fully saturated rings. The molecule has 0 spiro atoms. The predicted molar refractivity (Wildman–Crippen MR) is 87.0 cm³/mol. The lowest BCUT2D eigenvalue weighted by molar-refractivity contribution is 0.734. The molecular formula is C17H22N4. The third-order valence-electron chi connectivity index (χ3n) is 4.06. The van der Waals surface area contributed by atoms with E-state index in [0.29, 0.717) is 5.82 Å². The van der Waals surface area contributed by atoms with Gasteiger partial charge >= 0.3 is 0 Å². The van der Waals surface area contributed by atoms with Crippen molar-refractivity contribution < 1.29 is 0 Å². The lowest BCUT2D eigenvalue weighted by atomic mass is 10.0. The summed E-state index contributed by atoms with van der Waals surface area (Å²) in [5, 5.41) is 0. The summed E-state index contributed by atoms with van der Waals surface area (Å²) in [6, 6.07) is 8.55. The molecular weight excluding hydrogens is 260 g/mol. The fourth-order valence-corrected chi connectivity index (χ4v) is 2.81. The Balaban J connectivity index is 2.13. The summed E-state index contributed by atoms with van der Waals surface area (Å²) in [6.07, 6.45) is 2.26. The molecule has 1 aliphatic heterocycles. The second-order valence-corrected chi connectivity index (χ2v) is 5.95. The molecule has 2 aromatic rings. The quantitative estimate of drug-likeness (QED) is 0.914. The van der Waals surface area contributed by atoms with E-state index in [9.17, 15) is 0 Å². The minimum Gasteiger partial charge on any atom is -0.383 e. The highest BCUT2D eigenvalue weighted by Crippen LogP contribution is 2.35. The highest BCUT2D eigenvalue weighted by atomic mass is 15.2. The van der Waals surface area contributed by atoms with Gasteiger partial charge in [0.2, 0.25) is 0 Å². The number of nitrogens with two attached hydrogens (primary N) is 1. The number of nitrogen functional groups attached to an aromatic ring is 1. The number of para-hydroxylation sites is 1. The lowest BCUT2D eigenvalue weighted by Gasteiger charge is -2.32. The van der Waals surface area contributed by atoms with E-state index < -0.39 is 0 Å². The van der Waals surface area contributed by atoms with Crippen LogP contribution in [-0.2, 0) is 6.42 Å². The average Bonchev–Trinajstić information content (AvgIpc) is 2.49. The molecule has 2 heterocycles. The maximum absolute atomic E-state index is 6.11. The van der Waals surface area contributed by atoms with Crippen molar-refractivity contribution in [3.05, 3.63) is 41.2 Å². The summed E-state index contributed by atoms with van der Waals surface area (Å²) < 4.78 is 0. The van der Waals surface area contributed by atoms with E-state index in [1.54, 1.807) is 0 Å². The van der Waals surface area contributed by atoms with Crippen LogP contribution in [0.1, 0.15) is 43.1 Å². The fourth-order valence-electron chi connectivity index (χ4n) is 2.81. The Kier molecular flexibility index (Phi) is 3.53. The van der Waals surface area contributed by atoms with Crippen molar-refractivity contribution in [3.63, 3.8) is 0 Å². The topological polar surface area (TPSA) is 55.0 Å². The molecule has 1 aromatic carbocycles. The van der Waals surface area contributed by atoms with Crippen molar-refractivity contribution in [3.8, 4) is 0 Å². The van der Waals surface area contributed by atoms with Gasteiger partial charge < -0.3 is 10.6 Å². The van der Waals surface area contributed by atoms with E-state index in [1.165, 1.54) is 11.3 Å². The first kappa shape index (κ1) is 13.9. The van der Waals surface area contributed by atoms with Gasteiger partial charge in [-0.05, 0) is 31.4 Å². The molecule has 0 unspecified atom stereocenters. The standard InChI is InChI=1S/C17H22N4/c1-11(2)16-19-15(18)12(3)17(20-16)21-10-6-8-13-7-4-5-9-14(13)21/h4-5,7,9,11H,6,8,10H2,1-3H3,(H2,18,19,20). The van der Waals surface area contributed by atoms with Crippen molar-refractivity contribution in [2.24, 2.45) is 0 Å². The van der Waals surface area contributed by atoms with E-state index in [2.05, 4.69) is 48.0 Å². The van der Waals surface area contributed by atoms with Crippen molar-refractivity contribution in [2.75, 3.05) is 17.2 Å². The summed E-state index contributed by atoms with van der Waals surface area (Å²) >= 11 is 0. The molecule has 21 heavy (non-hydrogen) atoms. The minimum atomic E-state index is 0.270. The summed E-state index contributed by atoms with van der Waals surface area (Å²) in [4.78, 5) is 11.5. The number of fused-ring (bicyclic) bond motifs is 1. The number of nitrogens with zero attached hydrogens (tertiary/aromatic N) is 3. The highest BCUT2D eigenvalue weighted by molar-refractivity contribution is 5.70. The Labute approximate surface area is 126 Å². The van der Waals surface area contributed by atoms with Crippen molar-refractivity contribution >= 4 is 17.3 Å². The molecule has 0 amide bonds. The van der Waals surface area contributed by atoms with Crippen LogP contribution in [0, 0.1) is 6.92 Å². The van der Waals surface area contributed by atoms with Crippen LogP contribution in [0.15, 0.2) is 24.3 Å². The highest BCUT2D eigenvalue weighted by Gasteiger charge is 2.22. The molecule has 4 nitrogen and oxygen atoms in total. The third-order valence-corrected chi connectivity index (χ3v) is 4.06. The van der Waals surface area contributed by atoms with Crippen LogP contribution >= 0.6 is 0 Å². The maximum atomic E-state index is 6.11. The maximum Gasteiger partial charge on any atom is 0.141 e. The monoisotopic (exact) mass is 282 g/mol. The zero-order valence-electron chi connectivity index (χ0n) is 12.9. The fraction of sp³-hybridized carbons (Fsp3) is 0.412. The van der Waals surface area contributed by atoms with Crippen LogP contribution in [0.5, 0.6) is 0 Å². The minimum absolute atomic E-state index is 0.270. The average molecular weight is 282 g/mol. The number of aryl methyl sites for hydroxylation is 1. The molecule has 2 N–H and O–H groups in total. The summed E-state index contributed by atoms with van der Waals surface area (Å²) in [5.74, 6) is 2.63. The van der Waals surface area contributed by atoms with E-state index >= 15 is 0 Å². The van der Waals surface area contributed by atoms with Gasteiger partial charge in [-0.3, -0.25) is 0 Å².